The van der Waals surface area contributed by atoms with Crippen LogP contribution in [0.3, 0.4) is 0 Å². The van der Waals surface area contributed by atoms with Gasteiger partial charge in [0.15, 0.2) is 0 Å². The Hall–Kier alpha value is -0.930. The molecule has 0 aliphatic heterocycles. The summed E-state index contributed by atoms with van der Waals surface area (Å²) in [6.45, 7) is 4.05. The van der Waals surface area contributed by atoms with Gasteiger partial charge in [-0.15, -0.1) is 0 Å². The molecule has 3 nitrogen and oxygen atoms in total. The quantitative estimate of drug-likeness (QED) is 0.818. The van der Waals surface area contributed by atoms with Crippen LogP contribution in [0.1, 0.15) is 25.3 Å². The smallest absolute Gasteiger partial charge is 0.0312 e. The maximum atomic E-state index is 6.32. The molecule has 1 aliphatic carbocycles. The van der Waals surface area contributed by atoms with E-state index >= 15 is 0 Å². The maximum Gasteiger partial charge on any atom is 0.0312 e. The Morgan fingerprint density at radius 1 is 1.56 bits per heavy atom. The van der Waals surface area contributed by atoms with Crippen molar-refractivity contribution in [3.63, 3.8) is 0 Å². The number of hydrogen-bond acceptors (Lipinski definition) is 3. The molecule has 3 heteroatoms. The molecule has 0 radical (unpaired) electrons. The summed E-state index contributed by atoms with van der Waals surface area (Å²) < 4.78 is 0. The normalized spacial score (nSPS) is 19.8. The van der Waals surface area contributed by atoms with Crippen molar-refractivity contribution in [1.82, 2.24) is 9.88 Å². The lowest BCUT2D eigenvalue weighted by molar-refractivity contribution is 0.232. The highest BCUT2D eigenvalue weighted by Crippen LogP contribution is 2.38. The minimum Gasteiger partial charge on any atom is -0.324 e. The van der Waals surface area contributed by atoms with Crippen molar-refractivity contribution >= 4 is 0 Å². The van der Waals surface area contributed by atoms with E-state index in [0.717, 1.165) is 19.0 Å². The Morgan fingerprint density at radius 2 is 2.31 bits per heavy atom. The zero-order valence-electron chi connectivity index (χ0n) is 10.2. The Balaban J connectivity index is 1.86. The first kappa shape index (κ1) is 11.6. The van der Waals surface area contributed by atoms with E-state index < -0.39 is 0 Å². The maximum absolute atomic E-state index is 6.32. The van der Waals surface area contributed by atoms with Crippen molar-refractivity contribution < 1.29 is 0 Å². The van der Waals surface area contributed by atoms with Gasteiger partial charge in [-0.1, -0.05) is 6.07 Å². The van der Waals surface area contributed by atoms with E-state index in [0.29, 0.717) is 0 Å². The highest BCUT2D eigenvalue weighted by atomic mass is 15.1. The van der Waals surface area contributed by atoms with Gasteiger partial charge in [-0.05, 0) is 44.4 Å². The minimum atomic E-state index is -0.0308. The molecule has 2 rings (SSSR count). The number of pyridine rings is 1. The van der Waals surface area contributed by atoms with E-state index in [1.165, 1.54) is 18.4 Å². The first-order chi connectivity index (χ1) is 7.58. The fourth-order valence-electron chi connectivity index (χ4n) is 2.31. The summed E-state index contributed by atoms with van der Waals surface area (Å²) >= 11 is 0. The van der Waals surface area contributed by atoms with Crippen LogP contribution in [0.25, 0.3) is 0 Å². The molecule has 1 heterocycles. The predicted molar refractivity (Wildman–Crippen MR) is 65.9 cm³/mol. The van der Waals surface area contributed by atoms with Crippen molar-refractivity contribution in [2.45, 2.75) is 31.8 Å². The second kappa shape index (κ2) is 4.52. The third-order valence-electron chi connectivity index (χ3n) is 3.30. The van der Waals surface area contributed by atoms with Gasteiger partial charge in [0.2, 0.25) is 0 Å². The van der Waals surface area contributed by atoms with Gasteiger partial charge in [-0.2, -0.15) is 0 Å². The third-order valence-corrected chi connectivity index (χ3v) is 3.30. The van der Waals surface area contributed by atoms with Crippen LogP contribution in [0.15, 0.2) is 24.5 Å². The van der Waals surface area contributed by atoms with Crippen LogP contribution in [-0.2, 0) is 6.54 Å². The third kappa shape index (κ3) is 3.03. The lowest BCUT2D eigenvalue weighted by Gasteiger charge is -2.30. The molecule has 1 atom stereocenters. The fourth-order valence-corrected chi connectivity index (χ4v) is 2.31. The second-order valence-electron chi connectivity index (χ2n) is 5.31. The predicted octanol–water partition coefficient (Wildman–Crippen LogP) is 1.64. The van der Waals surface area contributed by atoms with E-state index in [-0.39, 0.29) is 5.54 Å². The first-order valence-corrected chi connectivity index (χ1v) is 5.94. The monoisotopic (exact) mass is 219 g/mol. The lowest BCUT2D eigenvalue weighted by atomic mass is 9.96. The van der Waals surface area contributed by atoms with Gasteiger partial charge in [0.1, 0.15) is 0 Å². The highest BCUT2D eigenvalue weighted by Gasteiger charge is 2.38. The lowest BCUT2D eigenvalue weighted by Crippen LogP contribution is -2.48. The van der Waals surface area contributed by atoms with Gasteiger partial charge in [-0.25, -0.2) is 0 Å². The molecule has 0 bridgehead atoms. The van der Waals surface area contributed by atoms with Crippen molar-refractivity contribution in [3.8, 4) is 0 Å². The number of nitrogens with two attached hydrogens (primary N) is 1. The van der Waals surface area contributed by atoms with Crippen LogP contribution in [0, 0.1) is 5.92 Å². The Morgan fingerprint density at radius 3 is 2.88 bits per heavy atom. The summed E-state index contributed by atoms with van der Waals surface area (Å²) in [5.74, 6) is 0.726. The van der Waals surface area contributed by atoms with Crippen LogP contribution in [0.2, 0.25) is 0 Å². The molecule has 0 aromatic carbocycles. The molecule has 0 spiro atoms. The van der Waals surface area contributed by atoms with Crippen LogP contribution in [0.4, 0.5) is 0 Å². The molecule has 2 N–H and O–H groups in total. The topological polar surface area (TPSA) is 42.2 Å². The summed E-state index contributed by atoms with van der Waals surface area (Å²) in [6, 6.07) is 4.08. The highest BCUT2D eigenvalue weighted by molar-refractivity contribution is 5.08. The van der Waals surface area contributed by atoms with Crippen LogP contribution in [0.5, 0.6) is 0 Å². The molecular weight excluding hydrogens is 198 g/mol. The van der Waals surface area contributed by atoms with E-state index in [9.17, 15) is 0 Å². The summed E-state index contributed by atoms with van der Waals surface area (Å²) in [4.78, 5) is 6.41. The molecule has 0 amide bonds. The molecule has 1 fully saturated rings. The molecule has 1 aromatic rings. The van der Waals surface area contributed by atoms with E-state index in [4.69, 9.17) is 5.73 Å². The molecule has 0 saturated heterocycles. The van der Waals surface area contributed by atoms with Crippen molar-refractivity contribution in [3.05, 3.63) is 30.1 Å². The minimum absolute atomic E-state index is 0.0308. The Labute approximate surface area is 97.7 Å². The van der Waals surface area contributed by atoms with Crippen LogP contribution >= 0.6 is 0 Å². The summed E-state index contributed by atoms with van der Waals surface area (Å²) in [7, 11) is 2.13. The van der Waals surface area contributed by atoms with Gasteiger partial charge in [0.05, 0.1) is 0 Å². The molecule has 16 heavy (non-hydrogen) atoms. The molecule has 1 saturated carbocycles. The average Bonchev–Trinajstić information content (AvgIpc) is 3.01. The molecule has 88 valence electrons. The van der Waals surface area contributed by atoms with E-state index in [1.54, 1.807) is 6.20 Å². The largest absolute Gasteiger partial charge is 0.324 e. The van der Waals surface area contributed by atoms with E-state index in [2.05, 4.69) is 29.9 Å². The van der Waals surface area contributed by atoms with Gasteiger partial charge in [0.25, 0.3) is 0 Å². The Kier molecular flexibility index (Phi) is 3.26. The Bertz CT molecular complexity index is 330. The first-order valence-electron chi connectivity index (χ1n) is 5.94. The summed E-state index contributed by atoms with van der Waals surface area (Å²) in [5.41, 5.74) is 7.54. The van der Waals surface area contributed by atoms with Gasteiger partial charge in [0, 0.05) is 31.0 Å². The molecule has 1 aromatic heterocycles. The van der Waals surface area contributed by atoms with Crippen molar-refractivity contribution in [2.24, 2.45) is 11.7 Å². The zero-order chi connectivity index (χ0) is 11.6. The molecule has 1 aliphatic rings. The average molecular weight is 219 g/mol. The van der Waals surface area contributed by atoms with Gasteiger partial charge in [-0.3, -0.25) is 4.98 Å². The van der Waals surface area contributed by atoms with Crippen molar-refractivity contribution in [1.29, 1.82) is 0 Å². The number of hydrogen-bond donors (Lipinski definition) is 1. The number of aromatic nitrogens is 1. The molecular formula is C13H21N3. The van der Waals surface area contributed by atoms with Gasteiger partial charge >= 0.3 is 0 Å². The fraction of sp³-hybridized carbons (Fsp3) is 0.615. The van der Waals surface area contributed by atoms with E-state index in [1.807, 2.05) is 12.3 Å². The van der Waals surface area contributed by atoms with Crippen LogP contribution < -0.4 is 5.73 Å². The number of likely N-dealkylation sites (N-methyl/N-ethyl adjacent to an activating group) is 1. The zero-order valence-corrected chi connectivity index (χ0v) is 10.2. The number of nitrogens with zero attached hydrogens (tertiary/aromatic N) is 2. The second-order valence-corrected chi connectivity index (χ2v) is 5.31. The SMILES string of the molecule is CN(Cc1cccnc1)CC(C)(N)C1CC1. The number of rotatable bonds is 5. The standard InChI is InChI=1S/C13H21N3/c1-13(14,12-5-6-12)10-16(2)9-11-4-3-7-15-8-11/h3-4,7-8,12H,5-6,9-10,14H2,1-2H3. The van der Waals surface area contributed by atoms with Crippen LogP contribution in [-0.4, -0.2) is 29.0 Å². The molecule has 1 unspecified atom stereocenters. The summed E-state index contributed by atoms with van der Waals surface area (Å²) in [5, 5.41) is 0. The van der Waals surface area contributed by atoms with Gasteiger partial charge < -0.3 is 10.6 Å². The summed E-state index contributed by atoms with van der Waals surface area (Å²) in [6.07, 6.45) is 6.32. The van der Waals surface area contributed by atoms with Crippen molar-refractivity contribution in [2.75, 3.05) is 13.6 Å².